The van der Waals surface area contributed by atoms with Crippen LogP contribution in [0.25, 0.3) is 22.4 Å². The average molecular weight is 398 g/mol. The number of hydrogen-bond acceptors (Lipinski definition) is 4. The van der Waals surface area contributed by atoms with E-state index < -0.39 is 0 Å². The molecule has 0 saturated carbocycles. The number of aryl methyl sites for hydroxylation is 1. The second kappa shape index (κ2) is 7.84. The Balaban J connectivity index is 1.56. The molecule has 3 aromatic rings. The maximum Gasteiger partial charge on any atom is 0.309 e. The Morgan fingerprint density at radius 2 is 2.04 bits per heavy atom. The van der Waals surface area contributed by atoms with Gasteiger partial charge in [0.05, 0.1) is 28.6 Å². The zero-order chi connectivity index (χ0) is 19.7. The van der Waals surface area contributed by atoms with Crippen molar-refractivity contribution in [3.05, 3.63) is 47.0 Å². The molecular formula is C22H24ClN3O2. The minimum atomic E-state index is -0.0727. The second-order valence-corrected chi connectivity index (χ2v) is 7.69. The van der Waals surface area contributed by atoms with Gasteiger partial charge in [0.1, 0.15) is 5.82 Å². The van der Waals surface area contributed by atoms with Crippen LogP contribution >= 0.6 is 11.6 Å². The van der Waals surface area contributed by atoms with Crippen LogP contribution in [-0.2, 0) is 9.53 Å². The molecule has 4 rings (SSSR count). The Labute approximate surface area is 169 Å². The lowest BCUT2D eigenvalue weighted by Crippen LogP contribution is -2.37. The Morgan fingerprint density at radius 3 is 2.79 bits per heavy atom. The number of carbonyl (C=O) groups excluding carboxylic acids is 1. The summed E-state index contributed by atoms with van der Waals surface area (Å²) in [6.07, 6.45) is 1.61. The van der Waals surface area contributed by atoms with Crippen molar-refractivity contribution in [2.75, 3.05) is 24.6 Å². The lowest BCUT2D eigenvalue weighted by molar-refractivity contribution is -0.148. The first-order chi connectivity index (χ1) is 13.5. The highest BCUT2D eigenvalue weighted by molar-refractivity contribution is 6.33. The molecule has 1 aromatic heterocycles. The number of imidazole rings is 1. The molecule has 6 heteroatoms. The summed E-state index contributed by atoms with van der Waals surface area (Å²) in [6.45, 7) is 5.99. The van der Waals surface area contributed by atoms with Crippen molar-refractivity contribution in [3.63, 3.8) is 0 Å². The Hall–Kier alpha value is -2.53. The number of ether oxygens (including phenoxy) is 1. The quantitative estimate of drug-likeness (QED) is 0.631. The smallest absolute Gasteiger partial charge is 0.309 e. The summed E-state index contributed by atoms with van der Waals surface area (Å²) in [4.78, 5) is 22.4. The van der Waals surface area contributed by atoms with Crippen molar-refractivity contribution < 1.29 is 9.53 Å². The largest absolute Gasteiger partial charge is 0.466 e. The van der Waals surface area contributed by atoms with Crippen LogP contribution in [-0.4, -0.2) is 35.6 Å². The van der Waals surface area contributed by atoms with E-state index in [1.165, 1.54) is 5.56 Å². The van der Waals surface area contributed by atoms with Crippen LogP contribution in [0.4, 0.5) is 5.69 Å². The summed E-state index contributed by atoms with van der Waals surface area (Å²) in [5.74, 6) is 0.701. The molecule has 0 amide bonds. The normalized spacial score (nSPS) is 15.2. The van der Waals surface area contributed by atoms with Crippen LogP contribution in [0.3, 0.4) is 0 Å². The molecule has 28 heavy (non-hydrogen) atoms. The third-order valence-electron chi connectivity index (χ3n) is 5.32. The monoisotopic (exact) mass is 397 g/mol. The first kappa shape index (κ1) is 18.8. The SMILES string of the molecule is CCOC(=O)C1CCN(c2ccc(Cl)c(-c3nc4cc(C)ccc4[nH]3)c2)CC1. The van der Waals surface area contributed by atoms with Gasteiger partial charge in [0.25, 0.3) is 0 Å². The van der Waals surface area contributed by atoms with Crippen LogP contribution in [0.1, 0.15) is 25.3 Å². The number of hydrogen-bond donors (Lipinski definition) is 1. The number of carbonyl (C=O) groups is 1. The van der Waals surface area contributed by atoms with Gasteiger partial charge in [-0.3, -0.25) is 4.79 Å². The van der Waals surface area contributed by atoms with Crippen LogP contribution < -0.4 is 4.90 Å². The van der Waals surface area contributed by atoms with E-state index in [0.29, 0.717) is 11.6 Å². The van der Waals surface area contributed by atoms with Crippen molar-refractivity contribution in [1.82, 2.24) is 9.97 Å². The predicted octanol–water partition coefficient (Wildman–Crippen LogP) is 4.97. The fourth-order valence-electron chi connectivity index (χ4n) is 3.77. The Morgan fingerprint density at radius 1 is 1.25 bits per heavy atom. The minimum Gasteiger partial charge on any atom is -0.466 e. The van der Waals surface area contributed by atoms with Gasteiger partial charge in [-0.15, -0.1) is 0 Å². The van der Waals surface area contributed by atoms with E-state index >= 15 is 0 Å². The van der Waals surface area contributed by atoms with Crippen molar-refractivity contribution in [2.45, 2.75) is 26.7 Å². The summed E-state index contributed by atoms with van der Waals surface area (Å²) in [7, 11) is 0. The number of aromatic nitrogens is 2. The number of piperidine rings is 1. The van der Waals surface area contributed by atoms with E-state index in [0.717, 1.165) is 54.0 Å². The number of nitrogens with zero attached hydrogens (tertiary/aromatic N) is 2. The molecule has 0 aliphatic carbocycles. The number of esters is 1. The molecule has 0 unspecified atom stereocenters. The number of rotatable bonds is 4. The van der Waals surface area contributed by atoms with Gasteiger partial charge in [-0.25, -0.2) is 4.98 Å². The molecule has 1 aliphatic rings. The maximum atomic E-state index is 12.0. The first-order valence-electron chi connectivity index (χ1n) is 9.73. The van der Waals surface area contributed by atoms with Gasteiger partial charge < -0.3 is 14.6 Å². The highest BCUT2D eigenvalue weighted by Crippen LogP contribution is 2.33. The second-order valence-electron chi connectivity index (χ2n) is 7.28. The van der Waals surface area contributed by atoms with E-state index in [2.05, 4.69) is 35.0 Å². The molecule has 146 valence electrons. The lowest BCUT2D eigenvalue weighted by Gasteiger charge is -2.32. The molecule has 0 bridgehead atoms. The average Bonchev–Trinajstić information content (AvgIpc) is 3.11. The van der Waals surface area contributed by atoms with Gasteiger partial charge in [0, 0.05) is 24.3 Å². The number of aromatic amines is 1. The van der Waals surface area contributed by atoms with E-state index in [1.807, 2.05) is 25.1 Å². The molecule has 1 N–H and O–H groups in total. The Bertz CT molecular complexity index is 1010. The molecule has 1 aliphatic heterocycles. The Kier molecular flexibility index (Phi) is 5.27. The standard InChI is InChI=1S/C22H24ClN3O2/c1-3-28-22(27)15-8-10-26(11-9-15)16-5-6-18(23)17(13-16)21-24-19-7-4-14(2)12-20(19)25-21/h4-7,12-13,15H,3,8-11H2,1-2H3,(H,24,25). The van der Waals surface area contributed by atoms with Crippen LogP contribution in [0.5, 0.6) is 0 Å². The van der Waals surface area contributed by atoms with Gasteiger partial charge in [-0.1, -0.05) is 17.7 Å². The number of anilines is 1. The van der Waals surface area contributed by atoms with Crippen molar-refractivity contribution in [2.24, 2.45) is 5.92 Å². The third kappa shape index (κ3) is 3.72. The van der Waals surface area contributed by atoms with E-state index in [4.69, 9.17) is 21.3 Å². The zero-order valence-electron chi connectivity index (χ0n) is 16.2. The highest BCUT2D eigenvalue weighted by atomic mass is 35.5. The van der Waals surface area contributed by atoms with Gasteiger partial charge in [-0.05, 0) is 62.6 Å². The maximum absolute atomic E-state index is 12.0. The van der Waals surface area contributed by atoms with Gasteiger partial charge in [0.2, 0.25) is 0 Å². The molecular weight excluding hydrogens is 374 g/mol. The molecule has 5 nitrogen and oxygen atoms in total. The van der Waals surface area contributed by atoms with Gasteiger partial charge >= 0.3 is 5.97 Å². The summed E-state index contributed by atoms with van der Waals surface area (Å²) < 4.78 is 5.16. The molecule has 2 heterocycles. The minimum absolute atomic E-state index is 0.00147. The fraction of sp³-hybridized carbons (Fsp3) is 0.364. The van der Waals surface area contributed by atoms with Gasteiger partial charge in [0.15, 0.2) is 0 Å². The van der Waals surface area contributed by atoms with Crippen LogP contribution in [0.15, 0.2) is 36.4 Å². The lowest BCUT2D eigenvalue weighted by atomic mass is 9.96. The fourth-order valence-corrected chi connectivity index (χ4v) is 3.98. The topological polar surface area (TPSA) is 58.2 Å². The third-order valence-corrected chi connectivity index (χ3v) is 5.65. The summed E-state index contributed by atoms with van der Waals surface area (Å²) >= 11 is 6.49. The van der Waals surface area contributed by atoms with Crippen molar-refractivity contribution >= 4 is 34.3 Å². The predicted molar refractivity (Wildman–Crippen MR) is 113 cm³/mol. The first-order valence-corrected chi connectivity index (χ1v) is 10.1. The molecule has 1 saturated heterocycles. The molecule has 0 atom stereocenters. The van der Waals surface area contributed by atoms with E-state index in [9.17, 15) is 4.79 Å². The highest BCUT2D eigenvalue weighted by Gasteiger charge is 2.26. The van der Waals surface area contributed by atoms with Crippen molar-refractivity contribution in [3.8, 4) is 11.4 Å². The van der Waals surface area contributed by atoms with Crippen LogP contribution in [0.2, 0.25) is 5.02 Å². The number of halogens is 1. The number of nitrogens with one attached hydrogen (secondary N) is 1. The number of fused-ring (bicyclic) bond motifs is 1. The molecule has 0 spiro atoms. The van der Waals surface area contributed by atoms with Gasteiger partial charge in [-0.2, -0.15) is 0 Å². The molecule has 1 fully saturated rings. The zero-order valence-corrected chi connectivity index (χ0v) is 16.9. The molecule has 0 radical (unpaired) electrons. The van der Waals surface area contributed by atoms with Crippen LogP contribution in [0, 0.1) is 12.8 Å². The summed E-state index contributed by atoms with van der Waals surface area (Å²) in [6, 6.07) is 12.2. The summed E-state index contributed by atoms with van der Waals surface area (Å²) in [5, 5.41) is 0.668. The number of benzene rings is 2. The van der Waals surface area contributed by atoms with E-state index in [1.54, 1.807) is 0 Å². The molecule has 2 aromatic carbocycles. The number of H-pyrrole nitrogens is 1. The van der Waals surface area contributed by atoms with E-state index in [-0.39, 0.29) is 11.9 Å². The van der Waals surface area contributed by atoms with Crippen molar-refractivity contribution in [1.29, 1.82) is 0 Å². The summed E-state index contributed by atoms with van der Waals surface area (Å²) in [5.41, 5.74) is 5.10.